The zero-order chi connectivity index (χ0) is 15.7. The minimum absolute atomic E-state index is 0.199. The van der Waals surface area contributed by atoms with Gasteiger partial charge in [-0.05, 0) is 36.4 Å². The molecule has 0 aliphatic rings. The summed E-state index contributed by atoms with van der Waals surface area (Å²) in [5, 5.41) is 5.93. The molecule has 3 aromatic rings. The number of nitrogens with zero attached hydrogens (tertiary/aromatic N) is 1. The number of amides is 2. The fourth-order valence-electron chi connectivity index (χ4n) is 2.17. The number of anilines is 2. The summed E-state index contributed by atoms with van der Waals surface area (Å²) in [6, 6.07) is 11.7. The molecular weight excluding hydrogens is 304 g/mol. The number of aromatic nitrogens is 2. The van der Waals surface area contributed by atoms with Crippen molar-refractivity contribution in [1.82, 2.24) is 9.55 Å². The summed E-state index contributed by atoms with van der Waals surface area (Å²) in [6.07, 6.45) is 0. The first-order chi connectivity index (χ1) is 10.5. The van der Waals surface area contributed by atoms with Crippen LogP contribution >= 0.6 is 11.6 Å². The molecule has 0 aliphatic heterocycles. The average molecular weight is 317 g/mol. The van der Waals surface area contributed by atoms with Crippen LogP contribution in [0.4, 0.5) is 16.2 Å². The lowest BCUT2D eigenvalue weighted by molar-refractivity contribution is 0.262. The first-order valence-electron chi connectivity index (χ1n) is 6.55. The number of halogens is 1. The summed E-state index contributed by atoms with van der Waals surface area (Å²) in [5.74, 6) is 0. The quantitative estimate of drug-likeness (QED) is 0.679. The summed E-state index contributed by atoms with van der Waals surface area (Å²) in [5.41, 5.74) is 2.41. The van der Waals surface area contributed by atoms with Crippen molar-refractivity contribution in [3.63, 3.8) is 0 Å². The predicted octanol–water partition coefficient (Wildman–Crippen LogP) is 3.16. The van der Waals surface area contributed by atoms with E-state index in [9.17, 15) is 9.59 Å². The molecule has 0 saturated carbocycles. The van der Waals surface area contributed by atoms with Gasteiger partial charge < -0.3 is 15.6 Å². The molecule has 3 N–H and O–H groups in total. The Balaban J connectivity index is 1.78. The third kappa shape index (κ3) is 2.82. The monoisotopic (exact) mass is 316 g/mol. The molecule has 2 aromatic carbocycles. The Morgan fingerprint density at radius 1 is 1.14 bits per heavy atom. The van der Waals surface area contributed by atoms with Crippen LogP contribution in [0.2, 0.25) is 5.02 Å². The molecule has 2 amide bonds. The van der Waals surface area contributed by atoms with Gasteiger partial charge in [-0.2, -0.15) is 0 Å². The number of nitrogens with one attached hydrogen (secondary N) is 3. The number of imidazole rings is 1. The number of hydrogen-bond donors (Lipinski definition) is 3. The number of benzene rings is 2. The molecule has 0 atom stereocenters. The number of fused-ring (bicyclic) bond motifs is 1. The third-order valence-electron chi connectivity index (χ3n) is 3.24. The standard InChI is InChI=1S/C15H13ClN4O2/c1-20-13-6-5-11(8-12(13)19-15(20)22)18-14(21)17-10-4-2-3-9(16)7-10/h2-8H,1H3,(H,19,22)(H2,17,18,21). The highest BCUT2D eigenvalue weighted by Gasteiger charge is 2.07. The van der Waals surface area contributed by atoms with Gasteiger partial charge in [0.15, 0.2) is 0 Å². The number of aryl methyl sites for hydroxylation is 1. The van der Waals surface area contributed by atoms with Gasteiger partial charge in [-0.25, -0.2) is 9.59 Å². The number of rotatable bonds is 2. The van der Waals surface area contributed by atoms with E-state index in [2.05, 4.69) is 15.6 Å². The number of hydrogen-bond acceptors (Lipinski definition) is 2. The Kier molecular flexibility index (Phi) is 3.60. The van der Waals surface area contributed by atoms with Gasteiger partial charge in [0, 0.05) is 23.4 Å². The number of H-pyrrole nitrogens is 1. The van der Waals surface area contributed by atoms with Gasteiger partial charge in [0.05, 0.1) is 11.0 Å². The maximum absolute atomic E-state index is 12.0. The van der Waals surface area contributed by atoms with Crippen molar-refractivity contribution in [3.05, 3.63) is 58.0 Å². The fourth-order valence-corrected chi connectivity index (χ4v) is 2.36. The van der Waals surface area contributed by atoms with E-state index in [1.54, 1.807) is 49.5 Å². The smallest absolute Gasteiger partial charge is 0.308 e. The summed E-state index contributed by atoms with van der Waals surface area (Å²) in [6.45, 7) is 0. The molecular formula is C15H13ClN4O2. The van der Waals surface area contributed by atoms with E-state index in [0.717, 1.165) is 5.52 Å². The third-order valence-corrected chi connectivity index (χ3v) is 3.48. The van der Waals surface area contributed by atoms with Gasteiger partial charge in [-0.3, -0.25) is 4.57 Å². The van der Waals surface area contributed by atoms with Gasteiger partial charge >= 0.3 is 11.7 Å². The van der Waals surface area contributed by atoms with Gasteiger partial charge in [-0.15, -0.1) is 0 Å². The topological polar surface area (TPSA) is 78.9 Å². The first-order valence-corrected chi connectivity index (χ1v) is 6.93. The van der Waals surface area contributed by atoms with Crippen molar-refractivity contribution < 1.29 is 4.79 Å². The molecule has 3 rings (SSSR count). The number of carbonyl (C=O) groups excluding carboxylic acids is 1. The molecule has 0 spiro atoms. The van der Waals surface area contributed by atoms with Gasteiger partial charge in [-0.1, -0.05) is 17.7 Å². The van der Waals surface area contributed by atoms with Crippen molar-refractivity contribution >= 4 is 40.0 Å². The summed E-state index contributed by atoms with van der Waals surface area (Å²) in [4.78, 5) is 26.2. The second-order valence-corrected chi connectivity index (χ2v) is 5.25. The second kappa shape index (κ2) is 5.57. The molecule has 0 radical (unpaired) electrons. The maximum atomic E-state index is 12.0. The van der Waals surface area contributed by atoms with E-state index in [-0.39, 0.29) is 11.7 Å². The minimum Gasteiger partial charge on any atom is -0.308 e. The second-order valence-electron chi connectivity index (χ2n) is 4.81. The van der Waals surface area contributed by atoms with Crippen molar-refractivity contribution in [2.75, 3.05) is 10.6 Å². The van der Waals surface area contributed by atoms with E-state index in [4.69, 9.17) is 11.6 Å². The van der Waals surface area contributed by atoms with Crippen molar-refractivity contribution in [1.29, 1.82) is 0 Å². The average Bonchev–Trinajstić information content (AvgIpc) is 2.73. The van der Waals surface area contributed by atoms with E-state index in [0.29, 0.717) is 21.9 Å². The van der Waals surface area contributed by atoms with E-state index < -0.39 is 0 Å². The lowest BCUT2D eigenvalue weighted by Gasteiger charge is -2.08. The Morgan fingerprint density at radius 2 is 1.86 bits per heavy atom. The van der Waals surface area contributed by atoms with Crippen LogP contribution in [0.25, 0.3) is 11.0 Å². The normalized spacial score (nSPS) is 10.6. The lowest BCUT2D eigenvalue weighted by atomic mass is 10.2. The molecule has 1 aromatic heterocycles. The van der Waals surface area contributed by atoms with Crippen molar-refractivity contribution in [2.24, 2.45) is 7.05 Å². The zero-order valence-electron chi connectivity index (χ0n) is 11.7. The van der Waals surface area contributed by atoms with Crippen LogP contribution in [0, 0.1) is 0 Å². The van der Waals surface area contributed by atoms with Crippen LogP contribution in [0.15, 0.2) is 47.3 Å². The van der Waals surface area contributed by atoms with E-state index in [1.165, 1.54) is 4.57 Å². The molecule has 6 nitrogen and oxygen atoms in total. The highest BCUT2D eigenvalue weighted by atomic mass is 35.5. The van der Waals surface area contributed by atoms with Gasteiger partial charge in [0.25, 0.3) is 0 Å². The lowest BCUT2D eigenvalue weighted by Crippen LogP contribution is -2.19. The fraction of sp³-hybridized carbons (Fsp3) is 0.0667. The van der Waals surface area contributed by atoms with Crippen molar-refractivity contribution in [2.45, 2.75) is 0 Å². The Morgan fingerprint density at radius 3 is 2.59 bits per heavy atom. The van der Waals surface area contributed by atoms with Gasteiger partial charge in [0.1, 0.15) is 0 Å². The van der Waals surface area contributed by atoms with Crippen LogP contribution in [-0.4, -0.2) is 15.6 Å². The summed E-state index contributed by atoms with van der Waals surface area (Å²) < 4.78 is 1.51. The van der Waals surface area contributed by atoms with Crippen LogP contribution in [0.3, 0.4) is 0 Å². The van der Waals surface area contributed by atoms with Crippen LogP contribution in [-0.2, 0) is 7.05 Å². The molecule has 22 heavy (non-hydrogen) atoms. The summed E-state index contributed by atoms with van der Waals surface area (Å²) >= 11 is 5.86. The number of urea groups is 1. The Hall–Kier alpha value is -2.73. The molecule has 0 aliphatic carbocycles. The van der Waals surface area contributed by atoms with E-state index >= 15 is 0 Å². The number of aromatic amines is 1. The van der Waals surface area contributed by atoms with Crippen LogP contribution in [0.5, 0.6) is 0 Å². The molecule has 0 unspecified atom stereocenters. The number of carbonyl (C=O) groups is 1. The van der Waals surface area contributed by atoms with E-state index in [1.807, 2.05) is 0 Å². The SMILES string of the molecule is Cn1c(=O)[nH]c2cc(NC(=O)Nc3cccc(Cl)c3)ccc21. The van der Waals surface area contributed by atoms with Crippen molar-refractivity contribution in [3.8, 4) is 0 Å². The Bertz CT molecular complexity index is 913. The molecule has 1 heterocycles. The zero-order valence-corrected chi connectivity index (χ0v) is 12.4. The Labute approximate surface area is 130 Å². The molecule has 0 saturated heterocycles. The predicted molar refractivity (Wildman–Crippen MR) is 87.6 cm³/mol. The minimum atomic E-state index is -0.389. The van der Waals surface area contributed by atoms with Crippen LogP contribution < -0.4 is 16.3 Å². The van der Waals surface area contributed by atoms with Gasteiger partial charge in [0.2, 0.25) is 0 Å². The molecule has 0 fully saturated rings. The highest BCUT2D eigenvalue weighted by Crippen LogP contribution is 2.18. The maximum Gasteiger partial charge on any atom is 0.326 e. The highest BCUT2D eigenvalue weighted by molar-refractivity contribution is 6.30. The molecule has 112 valence electrons. The molecule has 7 heteroatoms. The first kappa shape index (κ1) is 14.2. The largest absolute Gasteiger partial charge is 0.326 e. The molecule has 0 bridgehead atoms. The summed E-state index contributed by atoms with van der Waals surface area (Å²) in [7, 11) is 1.68. The van der Waals surface area contributed by atoms with Crippen LogP contribution in [0.1, 0.15) is 0 Å².